The van der Waals surface area contributed by atoms with Gasteiger partial charge in [0.2, 0.25) is 0 Å². The van der Waals surface area contributed by atoms with E-state index < -0.39 is 48.7 Å². The van der Waals surface area contributed by atoms with Crippen molar-refractivity contribution in [3.63, 3.8) is 0 Å². The average Bonchev–Trinajstić information content (AvgIpc) is 2.56. The summed E-state index contributed by atoms with van der Waals surface area (Å²) in [6.07, 6.45) is -4.53. The third-order valence-corrected chi connectivity index (χ3v) is 2.67. The molecule has 0 aromatic rings. The maximum atomic E-state index is 11.6. The molecule has 13 nitrogen and oxygen atoms in total. The first-order valence-corrected chi connectivity index (χ1v) is 6.99. The van der Waals surface area contributed by atoms with Crippen LogP contribution in [0.2, 0.25) is 0 Å². The van der Waals surface area contributed by atoms with Crippen LogP contribution >= 0.6 is 0 Å². The molecule has 2 unspecified atom stereocenters. The van der Waals surface area contributed by atoms with Crippen LogP contribution < -0.4 is 22.5 Å². The van der Waals surface area contributed by atoms with Gasteiger partial charge >= 0.3 is 53.4 Å². The van der Waals surface area contributed by atoms with Crippen molar-refractivity contribution in [3.05, 3.63) is 0 Å². The number of nitrogens with one attached hydrogen (secondary N) is 2. The van der Waals surface area contributed by atoms with E-state index in [1.54, 1.807) is 0 Å². The summed E-state index contributed by atoms with van der Waals surface area (Å²) < 4.78 is 8.24. The molecule has 0 bridgehead atoms. The van der Waals surface area contributed by atoms with E-state index in [1.807, 2.05) is 0 Å². The predicted octanol–water partition coefficient (Wildman–Crippen LogP) is -5.25. The van der Waals surface area contributed by atoms with E-state index in [0.717, 1.165) is 0 Å². The van der Waals surface area contributed by atoms with Crippen LogP contribution in [0.1, 0.15) is 12.8 Å². The Morgan fingerprint density at radius 2 is 1.54 bits per heavy atom. The van der Waals surface area contributed by atoms with Crippen LogP contribution in [0.3, 0.4) is 0 Å². The maximum absolute atomic E-state index is 11.6. The zero-order chi connectivity index (χ0) is 19.6. The van der Waals surface area contributed by atoms with E-state index in [0.29, 0.717) is 6.42 Å². The number of guanidine groups is 1. The molecule has 3 atom stereocenters. The first-order chi connectivity index (χ1) is 11.6. The van der Waals surface area contributed by atoms with Gasteiger partial charge < -0.3 is 42.2 Å². The summed E-state index contributed by atoms with van der Waals surface area (Å²) in [5, 5.41) is 28.2. The fraction of sp³-hybridized carbons (Fsp3) is 0.583. The van der Waals surface area contributed by atoms with E-state index in [2.05, 4.69) is 14.8 Å². The molecule has 0 aromatic heterocycles. The zero-order valence-electron chi connectivity index (χ0n) is 13.1. The monoisotopic (exact) mass is 387 g/mol. The van der Waals surface area contributed by atoms with Crippen molar-refractivity contribution in [2.45, 2.75) is 31.1 Å². The number of carbonyl (C=O) groups excluding carboxylic acids is 4. The van der Waals surface area contributed by atoms with Crippen LogP contribution in [0.25, 0.3) is 0 Å². The molecule has 0 saturated heterocycles. The number of hydrogen-bond acceptors (Lipinski definition) is 11. The van der Waals surface area contributed by atoms with Crippen LogP contribution in [0.4, 0.5) is 0 Å². The van der Waals surface area contributed by atoms with Gasteiger partial charge in [-0.05, 0) is 12.8 Å². The van der Waals surface area contributed by atoms with Crippen LogP contribution in [-0.4, -0.2) is 101 Å². The van der Waals surface area contributed by atoms with Crippen molar-refractivity contribution in [1.29, 1.82) is 5.41 Å². The van der Waals surface area contributed by atoms with Crippen molar-refractivity contribution in [2.75, 3.05) is 13.1 Å². The molecule has 0 radical (unpaired) electrons. The van der Waals surface area contributed by atoms with E-state index in [1.165, 1.54) is 0 Å². The summed E-state index contributed by atoms with van der Waals surface area (Å²) in [4.78, 5) is 45.1. The number of carbonyl (C=O) groups is 4. The molecule has 0 saturated carbocycles. The topological polar surface area (TPSA) is 241 Å². The van der Waals surface area contributed by atoms with Crippen molar-refractivity contribution in [2.24, 2.45) is 17.2 Å². The Labute approximate surface area is 170 Å². The minimum absolute atomic E-state index is 0. The molecule has 0 aliphatic heterocycles. The number of rotatable bonds is 9. The van der Waals surface area contributed by atoms with E-state index in [9.17, 15) is 29.4 Å². The van der Waals surface area contributed by atoms with Gasteiger partial charge in [0.1, 0.15) is 6.04 Å². The minimum atomic E-state index is -2.46. The first-order valence-electron chi connectivity index (χ1n) is 6.99. The Hall–Kier alpha value is -1.61. The molecule has 0 fully saturated rings. The van der Waals surface area contributed by atoms with E-state index >= 15 is 0 Å². The van der Waals surface area contributed by atoms with Gasteiger partial charge in [0.25, 0.3) is 0 Å². The second-order valence-corrected chi connectivity index (χ2v) is 4.72. The van der Waals surface area contributed by atoms with E-state index in [-0.39, 0.29) is 48.5 Å². The quantitative estimate of drug-likeness (QED) is 0.0490. The van der Waals surface area contributed by atoms with Gasteiger partial charge in [0.15, 0.2) is 18.2 Å². The van der Waals surface area contributed by atoms with Gasteiger partial charge in [-0.15, -0.1) is 0 Å². The standard InChI is InChI=1S/C12H21N5O8.Na.H/c13-4-6(18)24-10(22)7(19)8(20)11(23)25-9(21)5(14)2-1-3-17-12(15)16;;/h5,7-8,19-20H,1-4,13-14H2,(H4,15,16,17);;/t5-,7?,8?;;/m0../s1. The van der Waals surface area contributed by atoms with Gasteiger partial charge in [0.05, 0.1) is 6.54 Å². The van der Waals surface area contributed by atoms with Crippen LogP contribution in [0.15, 0.2) is 0 Å². The third-order valence-electron chi connectivity index (χ3n) is 2.67. The number of ether oxygens (including phenoxy) is 2. The van der Waals surface area contributed by atoms with Gasteiger partial charge in [-0.3, -0.25) is 10.2 Å². The molecule has 144 valence electrons. The summed E-state index contributed by atoms with van der Waals surface area (Å²) in [6.45, 7) is -0.405. The fourth-order valence-corrected chi connectivity index (χ4v) is 1.37. The molecule has 0 rings (SSSR count). The Bertz CT molecular complexity index is 532. The number of aliphatic hydroxyl groups excluding tert-OH is 2. The van der Waals surface area contributed by atoms with Crippen molar-refractivity contribution in [3.8, 4) is 0 Å². The Morgan fingerprint density at radius 1 is 1.04 bits per heavy atom. The third kappa shape index (κ3) is 10.4. The predicted molar refractivity (Wildman–Crippen MR) is 87.5 cm³/mol. The molecule has 0 aliphatic carbocycles. The molecule has 0 amide bonds. The average molecular weight is 387 g/mol. The second-order valence-electron chi connectivity index (χ2n) is 4.72. The van der Waals surface area contributed by atoms with Crippen molar-refractivity contribution < 1.29 is 38.9 Å². The molecule has 0 spiro atoms. The fourth-order valence-electron chi connectivity index (χ4n) is 1.37. The summed E-state index contributed by atoms with van der Waals surface area (Å²) in [5.41, 5.74) is 15.4. The SMILES string of the molecule is N=C(N)NCCC[C@H](N)C(=O)OC(=O)C(O)C(O)C(=O)OC(=O)CN.[NaH]. The van der Waals surface area contributed by atoms with E-state index in [4.69, 9.17) is 22.6 Å². The second kappa shape index (κ2) is 13.6. The number of esters is 4. The van der Waals surface area contributed by atoms with Crippen LogP contribution in [0, 0.1) is 5.41 Å². The Balaban J connectivity index is 0. The molecule has 0 aromatic carbocycles. The first kappa shape index (κ1) is 26.6. The summed E-state index contributed by atoms with van der Waals surface area (Å²) in [5.74, 6) is -5.94. The Kier molecular flexibility index (Phi) is 13.9. The van der Waals surface area contributed by atoms with Crippen LogP contribution in [0.5, 0.6) is 0 Å². The molecular formula is C12H22N5NaO8. The van der Waals surface area contributed by atoms with Gasteiger partial charge in [-0.1, -0.05) is 0 Å². The summed E-state index contributed by atoms with van der Waals surface area (Å²) in [6, 6.07) is -1.23. The molecule has 0 heterocycles. The molecule has 26 heavy (non-hydrogen) atoms. The number of nitrogens with two attached hydrogens (primary N) is 3. The number of aliphatic hydroxyl groups is 2. The van der Waals surface area contributed by atoms with Gasteiger partial charge in [-0.25, -0.2) is 14.4 Å². The number of hydrogen-bond donors (Lipinski definition) is 7. The van der Waals surface area contributed by atoms with Crippen molar-refractivity contribution in [1.82, 2.24) is 5.32 Å². The van der Waals surface area contributed by atoms with Crippen LogP contribution in [-0.2, 0) is 28.7 Å². The summed E-state index contributed by atoms with van der Waals surface area (Å²) in [7, 11) is 0. The van der Waals surface area contributed by atoms with Gasteiger partial charge in [-0.2, -0.15) is 0 Å². The molecule has 14 heteroatoms. The Morgan fingerprint density at radius 3 is 2.00 bits per heavy atom. The molecule has 10 N–H and O–H groups in total. The van der Waals surface area contributed by atoms with Gasteiger partial charge in [0, 0.05) is 6.54 Å². The van der Waals surface area contributed by atoms with Crippen molar-refractivity contribution >= 4 is 59.4 Å². The molecular weight excluding hydrogens is 365 g/mol. The zero-order valence-corrected chi connectivity index (χ0v) is 13.1. The summed E-state index contributed by atoms with van der Waals surface area (Å²) >= 11 is 0. The molecule has 0 aliphatic rings. The normalized spacial score (nSPS) is 13.4.